The fourth-order valence-corrected chi connectivity index (χ4v) is 6.13. The molecule has 0 bridgehead atoms. The summed E-state index contributed by atoms with van der Waals surface area (Å²) in [7, 11) is 0. The van der Waals surface area contributed by atoms with Crippen LogP contribution in [0.1, 0.15) is 71.1 Å². The normalized spacial score (nSPS) is 22.5. The minimum Gasteiger partial charge on any atom is -0.480 e. The molecule has 33 heavy (non-hydrogen) atoms. The molecule has 0 radical (unpaired) electrons. The Balaban J connectivity index is 1.69. The summed E-state index contributed by atoms with van der Waals surface area (Å²) in [4.78, 5) is 30.5. The molecule has 12 heteroatoms. The standard InChI is InChI=1S/C21H34N4O6S2/c1-2-12-31-17-10-8-16(9-11-17)25(15-6-4-3-5-7-15)21(28)23-20-22-13-18(32-20)24(33(29)30)14-19(26)27/h13,15-17H,2-12,14H2,1H3,(H,26,27)(H,29,30)(H,22,23,28). The van der Waals surface area contributed by atoms with Crippen LogP contribution in [0.3, 0.4) is 0 Å². The third-order valence-corrected chi connectivity index (χ3v) is 7.97. The van der Waals surface area contributed by atoms with Gasteiger partial charge in [-0.3, -0.25) is 14.7 Å². The van der Waals surface area contributed by atoms with Crippen LogP contribution in [-0.2, 0) is 20.8 Å². The van der Waals surface area contributed by atoms with Gasteiger partial charge in [0.15, 0.2) is 5.13 Å². The number of rotatable bonds is 10. The van der Waals surface area contributed by atoms with Gasteiger partial charge in [0.1, 0.15) is 11.5 Å². The molecule has 186 valence electrons. The molecule has 1 aromatic rings. The summed E-state index contributed by atoms with van der Waals surface area (Å²) in [6.45, 7) is 2.23. The van der Waals surface area contributed by atoms with Gasteiger partial charge in [-0.25, -0.2) is 18.3 Å². The number of carboxylic acids is 1. The molecular weight excluding hydrogens is 468 g/mol. The van der Waals surface area contributed by atoms with Crippen LogP contribution in [0, 0.1) is 0 Å². The van der Waals surface area contributed by atoms with Gasteiger partial charge in [0.25, 0.3) is 11.3 Å². The predicted octanol–water partition coefficient (Wildman–Crippen LogP) is 4.08. The van der Waals surface area contributed by atoms with Crippen molar-refractivity contribution in [3.63, 3.8) is 0 Å². The van der Waals surface area contributed by atoms with Crippen molar-refractivity contribution in [2.24, 2.45) is 0 Å². The van der Waals surface area contributed by atoms with Gasteiger partial charge in [-0.2, -0.15) is 0 Å². The highest BCUT2D eigenvalue weighted by Crippen LogP contribution is 2.33. The van der Waals surface area contributed by atoms with Crippen molar-refractivity contribution in [3.8, 4) is 0 Å². The van der Waals surface area contributed by atoms with E-state index in [1.807, 2.05) is 4.90 Å². The lowest BCUT2D eigenvalue weighted by Gasteiger charge is -2.42. The number of aliphatic carboxylic acids is 1. The molecule has 1 aromatic heterocycles. The molecule has 2 saturated carbocycles. The third-order valence-electron chi connectivity index (χ3n) is 6.22. The number of anilines is 2. The van der Waals surface area contributed by atoms with E-state index in [2.05, 4.69) is 17.2 Å². The van der Waals surface area contributed by atoms with Crippen molar-refractivity contribution in [1.29, 1.82) is 0 Å². The molecule has 1 atom stereocenters. The van der Waals surface area contributed by atoms with Crippen LogP contribution in [-0.4, -0.2) is 67.1 Å². The highest BCUT2D eigenvalue weighted by Gasteiger charge is 2.35. The number of nitrogens with one attached hydrogen (secondary N) is 1. The lowest BCUT2D eigenvalue weighted by molar-refractivity contribution is -0.135. The first-order valence-electron chi connectivity index (χ1n) is 11.7. The molecule has 3 rings (SSSR count). The van der Waals surface area contributed by atoms with Crippen molar-refractivity contribution in [1.82, 2.24) is 9.88 Å². The summed E-state index contributed by atoms with van der Waals surface area (Å²) in [6, 6.07) is 0.114. The second kappa shape index (κ2) is 12.6. The molecule has 2 aliphatic rings. The average Bonchev–Trinajstić information content (AvgIpc) is 3.25. The average molecular weight is 503 g/mol. The molecule has 0 spiro atoms. The molecule has 0 aromatic carbocycles. The second-order valence-electron chi connectivity index (χ2n) is 8.60. The zero-order valence-electron chi connectivity index (χ0n) is 19.0. The van der Waals surface area contributed by atoms with Crippen LogP contribution in [0.2, 0.25) is 0 Å². The zero-order chi connectivity index (χ0) is 23.8. The summed E-state index contributed by atoms with van der Waals surface area (Å²) < 4.78 is 27.7. The van der Waals surface area contributed by atoms with E-state index in [4.69, 9.17) is 9.84 Å². The summed E-state index contributed by atoms with van der Waals surface area (Å²) >= 11 is -1.53. The minimum atomic E-state index is -2.51. The van der Waals surface area contributed by atoms with E-state index in [0.717, 1.165) is 80.0 Å². The van der Waals surface area contributed by atoms with Gasteiger partial charge in [-0.1, -0.05) is 37.5 Å². The van der Waals surface area contributed by atoms with Crippen LogP contribution < -0.4 is 9.62 Å². The first-order chi connectivity index (χ1) is 15.9. The van der Waals surface area contributed by atoms with Gasteiger partial charge in [-0.05, 0) is 44.9 Å². The maximum atomic E-state index is 13.4. The van der Waals surface area contributed by atoms with Gasteiger partial charge in [-0.15, -0.1) is 0 Å². The minimum absolute atomic E-state index is 0.141. The first-order valence-corrected chi connectivity index (χ1v) is 13.5. The third kappa shape index (κ3) is 7.36. The lowest BCUT2D eigenvalue weighted by atomic mass is 9.88. The van der Waals surface area contributed by atoms with Gasteiger partial charge in [0.05, 0.1) is 12.3 Å². The Hall–Kier alpha value is -1.76. The molecule has 2 aliphatic carbocycles. The number of amides is 2. The number of hydrogen-bond acceptors (Lipinski definition) is 6. The van der Waals surface area contributed by atoms with Crippen molar-refractivity contribution >= 4 is 44.7 Å². The fourth-order valence-electron chi connectivity index (χ4n) is 4.69. The van der Waals surface area contributed by atoms with Crippen LogP contribution in [0.4, 0.5) is 14.9 Å². The van der Waals surface area contributed by atoms with Gasteiger partial charge in [0.2, 0.25) is 0 Å². The summed E-state index contributed by atoms with van der Waals surface area (Å²) in [5.74, 6) is -1.24. The summed E-state index contributed by atoms with van der Waals surface area (Å²) in [6.07, 6.45) is 11.6. The number of aromatic nitrogens is 1. The smallest absolute Gasteiger partial charge is 0.324 e. The van der Waals surface area contributed by atoms with Gasteiger partial charge < -0.3 is 14.7 Å². The number of hydrogen-bond donors (Lipinski definition) is 3. The molecule has 10 nitrogen and oxygen atoms in total. The molecule has 0 aliphatic heterocycles. The highest BCUT2D eigenvalue weighted by molar-refractivity contribution is 7.81. The van der Waals surface area contributed by atoms with Crippen molar-refractivity contribution in [2.45, 2.75) is 89.3 Å². The molecule has 0 saturated heterocycles. The number of nitrogens with zero attached hydrogens (tertiary/aromatic N) is 3. The quantitative estimate of drug-likeness (QED) is 0.411. The first kappa shape index (κ1) is 25.9. The van der Waals surface area contributed by atoms with E-state index in [-0.39, 0.29) is 34.4 Å². The van der Waals surface area contributed by atoms with Crippen LogP contribution >= 0.6 is 11.3 Å². The van der Waals surface area contributed by atoms with Crippen molar-refractivity contribution in [2.75, 3.05) is 22.8 Å². The molecular formula is C21H34N4O6S2. The monoisotopic (exact) mass is 502 g/mol. The number of ether oxygens (including phenoxy) is 1. The Morgan fingerprint density at radius 3 is 2.45 bits per heavy atom. The maximum absolute atomic E-state index is 13.4. The van der Waals surface area contributed by atoms with Gasteiger partial charge >= 0.3 is 12.0 Å². The zero-order valence-corrected chi connectivity index (χ0v) is 20.6. The molecule has 2 amide bonds. The Labute approximate surface area is 201 Å². The predicted molar refractivity (Wildman–Crippen MR) is 128 cm³/mol. The van der Waals surface area contributed by atoms with E-state index < -0.39 is 23.8 Å². The van der Waals surface area contributed by atoms with Crippen LogP contribution in [0.5, 0.6) is 0 Å². The van der Waals surface area contributed by atoms with E-state index >= 15 is 0 Å². The lowest BCUT2D eigenvalue weighted by Crippen LogP contribution is -2.51. The van der Waals surface area contributed by atoms with Gasteiger partial charge in [0, 0.05) is 18.7 Å². The number of carbonyl (C=O) groups excluding carboxylic acids is 1. The number of carbonyl (C=O) groups is 2. The number of carboxylic acid groups (broad SMARTS) is 1. The van der Waals surface area contributed by atoms with Crippen molar-refractivity contribution in [3.05, 3.63) is 6.20 Å². The Morgan fingerprint density at radius 2 is 1.85 bits per heavy atom. The van der Waals surface area contributed by atoms with Crippen molar-refractivity contribution < 1.29 is 28.2 Å². The Kier molecular flexibility index (Phi) is 9.90. The molecule has 1 unspecified atom stereocenters. The largest absolute Gasteiger partial charge is 0.480 e. The summed E-state index contributed by atoms with van der Waals surface area (Å²) in [5, 5.41) is 12.3. The van der Waals surface area contributed by atoms with Crippen LogP contribution in [0.15, 0.2) is 6.20 Å². The van der Waals surface area contributed by atoms with E-state index in [1.54, 1.807) is 0 Å². The molecule has 2 fully saturated rings. The molecule has 3 N–H and O–H groups in total. The topological polar surface area (TPSA) is 132 Å². The van der Waals surface area contributed by atoms with Crippen LogP contribution in [0.25, 0.3) is 0 Å². The highest BCUT2D eigenvalue weighted by atomic mass is 32.2. The van der Waals surface area contributed by atoms with E-state index in [9.17, 15) is 18.4 Å². The van der Waals surface area contributed by atoms with E-state index in [1.165, 1.54) is 12.6 Å². The maximum Gasteiger partial charge on any atom is 0.324 e. The second-order valence-corrected chi connectivity index (χ2v) is 10.5. The SMILES string of the molecule is CCCOC1CCC(N(C(=O)Nc2ncc(N(CC(=O)O)S(=O)O)s2)C2CCCCC2)CC1. The van der Waals surface area contributed by atoms with E-state index in [0.29, 0.717) is 0 Å². The molecule has 1 heterocycles. The summed E-state index contributed by atoms with van der Waals surface area (Å²) in [5.41, 5.74) is 0. The Bertz CT molecular complexity index is 808. The number of thiazole rings is 1. The number of urea groups is 1. The Morgan fingerprint density at radius 1 is 1.18 bits per heavy atom. The fraction of sp³-hybridized carbons (Fsp3) is 0.762.